The van der Waals surface area contributed by atoms with Crippen LogP contribution in [0.1, 0.15) is 63.0 Å². The Labute approximate surface area is 174 Å². The maximum atomic E-state index is 13.2. The van der Waals surface area contributed by atoms with E-state index in [1.807, 2.05) is 60.7 Å². The minimum absolute atomic E-state index is 0.170. The van der Waals surface area contributed by atoms with Crippen LogP contribution in [0.5, 0.6) is 0 Å². The number of hydrogen-bond donors (Lipinski definition) is 2. The summed E-state index contributed by atoms with van der Waals surface area (Å²) < 4.78 is 0. The summed E-state index contributed by atoms with van der Waals surface area (Å²) in [6.07, 6.45) is 12.0. The molecule has 3 nitrogen and oxygen atoms in total. The smallest absolute Gasteiger partial charge is 0.185 e. The van der Waals surface area contributed by atoms with Gasteiger partial charge in [-0.15, -0.1) is 0 Å². The molecule has 1 saturated carbocycles. The molecule has 2 aromatic rings. The molecule has 152 valence electrons. The minimum Gasteiger partial charge on any atom is -0.399 e. The maximum absolute atomic E-state index is 13.2. The average molecular weight is 389 g/mol. The van der Waals surface area contributed by atoms with E-state index in [1.54, 1.807) is 0 Å². The van der Waals surface area contributed by atoms with Gasteiger partial charge in [0.2, 0.25) is 0 Å². The van der Waals surface area contributed by atoms with Gasteiger partial charge in [-0.3, -0.25) is 4.79 Å². The number of anilines is 2. The van der Waals surface area contributed by atoms with Gasteiger partial charge >= 0.3 is 0 Å². The molecular weight excluding hydrogens is 356 g/mol. The fourth-order valence-corrected chi connectivity index (χ4v) is 3.99. The highest BCUT2D eigenvalue weighted by Gasteiger charge is 2.27. The molecular formula is C26H32N2O. The summed E-state index contributed by atoms with van der Waals surface area (Å²) in [4.78, 5) is 13.2. The molecule has 1 unspecified atom stereocenters. The Balaban J connectivity index is 1.85. The van der Waals surface area contributed by atoms with Crippen LogP contribution in [0.15, 0.2) is 59.7 Å². The van der Waals surface area contributed by atoms with Crippen molar-refractivity contribution in [2.75, 3.05) is 11.5 Å². The van der Waals surface area contributed by atoms with E-state index in [4.69, 9.17) is 11.5 Å². The number of carbonyl (C=O) groups is 1. The quantitative estimate of drug-likeness (QED) is 0.334. The van der Waals surface area contributed by atoms with E-state index in [-0.39, 0.29) is 5.78 Å². The summed E-state index contributed by atoms with van der Waals surface area (Å²) in [5.74, 6) is 0.688. The molecule has 0 spiro atoms. The molecule has 0 heterocycles. The molecule has 1 fully saturated rings. The Morgan fingerprint density at radius 3 is 1.72 bits per heavy atom. The first-order chi connectivity index (χ1) is 14.0. The summed E-state index contributed by atoms with van der Waals surface area (Å²) in [6.45, 7) is 2.24. The van der Waals surface area contributed by atoms with Crippen LogP contribution < -0.4 is 11.5 Å². The highest BCUT2D eigenvalue weighted by atomic mass is 16.1. The van der Waals surface area contributed by atoms with E-state index >= 15 is 0 Å². The summed E-state index contributed by atoms with van der Waals surface area (Å²) in [7, 11) is 0. The number of hydrogen-bond acceptors (Lipinski definition) is 3. The Morgan fingerprint density at radius 2 is 1.28 bits per heavy atom. The molecule has 0 saturated heterocycles. The molecule has 0 aromatic heterocycles. The molecule has 3 heteroatoms. The lowest BCUT2D eigenvalue weighted by Crippen LogP contribution is -2.20. The lowest BCUT2D eigenvalue weighted by atomic mass is 9.77. The SMILES string of the molecule is CCCCCCC1C/C(=C/c2ccc(N)cc2)C(=O)/C(=C/c2ccc(N)cc2)C1. The van der Waals surface area contributed by atoms with Gasteiger partial charge in [0.15, 0.2) is 5.78 Å². The molecule has 1 aliphatic carbocycles. The van der Waals surface area contributed by atoms with Crippen molar-refractivity contribution in [3.05, 3.63) is 70.8 Å². The van der Waals surface area contributed by atoms with Crippen molar-refractivity contribution >= 4 is 29.3 Å². The third-order valence-electron chi connectivity index (χ3n) is 5.62. The predicted octanol–water partition coefficient (Wildman–Crippen LogP) is 6.27. The van der Waals surface area contributed by atoms with Crippen LogP contribution in [0.2, 0.25) is 0 Å². The Morgan fingerprint density at radius 1 is 0.793 bits per heavy atom. The van der Waals surface area contributed by atoms with Crippen molar-refractivity contribution in [3.8, 4) is 0 Å². The number of benzene rings is 2. The zero-order valence-corrected chi connectivity index (χ0v) is 17.4. The number of unbranched alkanes of at least 4 members (excludes halogenated alkanes) is 3. The standard InChI is InChI=1S/C26H32N2O/c1-2-3-4-5-6-21-17-22(15-19-7-11-24(27)12-8-19)26(29)23(18-21)16-20-9-13-25(28)14-10-20/h7-16,21H,2-6,17-18,27-28H2,1H3/b22-15-,23-16+. The van der Waals surface area contributed by atoms with Gasteiger partial charge in [0.1, 0.15) is 0 Å². The molecule has 3 rings (SSSR count). The van der Waals surface area contributed by atoms with Gasteiger partial charge in [-0.2, -0.15) is 0 Å². The monoisotopic (exact) mass is 388 g/mol. The lowest BCUT2D eigenvalue weighted by Gasteiger charge is -2.26. The summed E-state index contributed by atoms with van der Waals surface area (Å²) in [6, 6.07) is 15.4. The number of nitrogens with two attached hydrogens (primary N) is 2. The zero-order chi connectivity index (χ0) is 20.6. The van der Waals surface area contributed by atoms with Crippen LogP contribution in [0.3, 0.4) is 0 Å². The second kappa shape index (κ2) is 10.1. The number of ketones is 1. The van der Waals surface area contributed by atoms with Gasteiger partial charge < -0.3 is 11.5 Å². The third kappa shape index (κ3) is 6.08. The van der Waals surface area contributed by atoms with Crippen LogP contribution in [0, 0.1) is 5.92 Å². The van der Waals surface area contributed by atoms with E-state index < -0.39 is 0 Å². The summed E-state index contributed by atoms with van der Waals surface area (Å²) in [5, 5.41) is 0. The van der Waals surface area contributed by atoms with Crippen molar-refractivity contribution in [2.45, 2.75) is 51.9 Å². The van der Waals surface area contributed by atoms with Gasteiger partial charge in [0.05, 0.1) is 0 Å². The number of nitrogen functional groups attached to an aromatic ring is 2. The maximum Gasteiger partial charge on any atom is 0.185 e. The molecule has 4 N–H and O–H groups in total. The largest absolute Gasteiger partial charge is 0.399 e. The molecule has 0 bridgehead atoms. The van der Waals surface area contributed by atoms with Gasteiger partial charge in [0, 0.05) is 22.5 Å². The molecule has 0 amide bonds. The second-order valence-corrected chi connectivity index (χ2v) is 8.13. The normalized spacial score (nSPS) is 19.8. The zero-order valence-electron chi connectivity index (χ0n) is 17.4. The first kappa shape index (κ1) is 20.9. The first-order valence-corrected chi connectivity index (χ1v) is 10.7. The fourth-order valence-electron chi connectivity index (χ4n) is 3.99. The van der Waals surface area contributed by atoms with E-state index in [1.165, 1.54) is 32.1 Å². The van der Waals surface area contributed by atoms with E-state index in [2.05, 4.69) is 6.92 Å². The molecule has 1 atom stereocenters. The number of Topliss-reactive ketones (excluding diaryl/α,β-unsaturated/α-hetero) is 1. The van der Waals surface area contributed by atoms with E-state index in [0.717, 1.165) is 46.5 Å². The van der Waals surface area contributed by atoms with Crippen LogP contribution in [0.25, 0.3) is 12.2 Å². The van der Waals surface area contributed by atoms with Gasteiger partial charge in [-0.25, -0.2) is 0 Å². The number of carbonyl (C=O) groups excluding carboxylic acids is 1. The Kier molecular flexibility index (Phi) is 7.29. The number of rotatable bonds is 7. The van der Waals surface area contributed by atoms with Crippen LogP contribution in [-0.2, 0) is 4.79 Å². The Bertz CT molecular complexity index is 808. The topological polar surface area (TPSA) is 69.1 Å². The number of allylic oxidation sites excluding steroid dienone is 2. The van der Waals surface area contributed by atoms with Crippen molar-refractivity contribution in [3.63, 3.8) is 0 Å². The Hall–Kier alpha value is -2.81. The van der Waals surface area contributed by atoms with Crippen LogP contribution in [-0.4, -0.2) is 5.78 Å². The van der Waals surface area contributed by atoms with Crippen molar-refractivity contribution in [2.24, 2.45) is 5.92 Å². The van der Waals surface area contributed by atoms with Crippen LogP contribution in [0.4, 0.5) is 11.4 Å². The van der Waals surface area contributed by atoms with Crippen molar-refractivity contribution in [1.82, 2.24) is 0 Å². The van der Waals surface area contributed by atoms with Gasteiger partial charge in [-0.1, -0.05) is 56.9 Å². The van der Waals surface area contributed by atoms with Gasteiger partial charge in [0.25, 0.3) is 0 Å². The molecule has 2 aromatic carbocycles. The highest BCUT2D eigenvalue weighted by molar-refractivity contribution is 6.14. The fraction of sp³-hybridized carbons (Fsp3) is 0.346. The minimum atomic E-state index is 0.170. The molecule has 29 heavy (non-hydrogen) atoms. The van der Waals surface area contributed by atoms with E-state index in [9.17, 15) is 4.79 Å². The summed E-state index contributed by atoms with van der Waals surface area (Å²) >= 11 is 0. The highest BCUT2D eigenvalue weighted by Crippen LogP contribution is 2.35. The molecule has 0 radical (unpaired) electrons. The summed E-state index contributed by atoms with van der Waals surface area (Å²) in [5.41, 5.74) is 16.9. The predicted molar refractivity (Wildman–Crippen MR) is 124 cm³/mol. The molecule has 0 aliphatic heterocycles. The van der Waals surface area contributed by atoms with Crippen molar-refractivity contribution < 1.29 is 4.79 Å². The molecule has 1 aliphatic rings. The third-order valence-corrected chi connectivity index (χ3v) is 5.62. The lowest BCUT2D eigenvalue weighted by molar-refractivity contribution is -0.113. The van der Waals surface area contributed by atoms with E-state index in [0.29, 0.717) is 5.92 Å². The van der Waals surface area contributed by atoms with Crippen molar-refractivity contribution in [1.29, 1.82) is 0 Å². The average Bonchev–Trinajstić information content (AvgIpc) is 2.72. The van der Waals surface area contributed by atoms with Crippen LogP contribution >= 0.6 is 0 Å². The van der Waals surface area contributed by atoms with Gasteiger partial charge in [-0.05, 0) is 72.7 Å². The first-order valence-electron chi connectivity index (χ1n) is 10.7. The second-order valence-electron chi connectivity index (χ2n) is 8.13.